The SMILES string of the molecule is ClC1=CC2N=C(N3CCOCC3)SC2C=C1. The Balaban J connectivity index is 1.74. The molecular weight excluding hydrogens is 244 g/mol. The molecule has 2 atom stereocenters. The second-order valence-electron chi connectivity index (χ2n) is 3.99. The minimum absolute atomic E-state index is 0.223. The Morgan fingerprint density at radius 2 is 2.25 bits per heavy atom. The van der Waals surface area contributed by atoms with E-state index < -0.39 is 0 Å². The van der Waals surface area contributed by atoms with Gasteiger partial charge in [-0.1, -0.05) is 29.4 Å². The normalized spacial score (nSPS) is 33.4. The lowest BCUT2D eigenvalue weighted by atomic mass is 10.1. The fourth-order valence-electron chi connectivity index (χ4n) is 2.02. The van der Waals surface area contributed by atoms with Crippen molar-refractivity contribution in [3.05, 3.63) is 23.3 Å². The van der Waals surface area contributed by atoms with E-state index in [1.165, 1.54) is 0 Å². The molecule has 86 valence electrons. The van der Waals surface area contributed by atoms with Gasteiger partial charge >= 0.3 is 0 Å². The first-order valence-electron chi connectivity index (χ1n) is 5.45. The van der Waals surface area contributed by atoms with Crippen LogP contribution in [0.1, 0.15) is 0 Å². The standard InChI is InChI=1S/C11H13ClN2OS/c12-8-1-2-10-9(7-8)13-11(16-10)14-3-5-15-6-4-14/h1-2,7,9-10H,3-6H2. The molecule has 0 amide bonds. The molecule has 1 saturated heterocycles. The molecule has 5 heteroatoms. The average molecular weight is 257 g/mol. The lowest BCUT2D eigenvalue weighted by Gasteiger charge is -2.27. The van der Waals surface area contributed by atoms with Gasteiger partial charge in [-0.15, -0.1) is 0 Å². The van der Waals surface area contributed by atoms with Gasteiger partial charge in [0.2, 0.25) is 0 Å². The molecule has 1 fully saturated rings. The monoisotopic (exact) mass is 256 g/mol. The van der Waals surface area contributed by atoms with E-state index in [4.69, 9.17) is 21.3 Å². The van der Waals surface area contributed by atoms with Gasteiger partial charge < -0.3 is 9.64 Å². The molecule has 3 aliphatic rings. The van der Waals surface area contributed by atoms with Crippen LogP contribution < -0.4 is 0 Å². The molecule has 1 aliphatic carbocycles. The summed E-state index contributed by atoms with van der Waals surface area (Å²) in [6.45, 7) is 3.52. The van der Waals surface area contributed by atoms with Crippen LogP contribution in [0.2, 0.25) is 0 Å². The first-order valence-corrected chi connectivity index (χ1v) is 6.71. The fraction of sp³-hybridized carbons (Fsp3) is 0.545. The van der Waals surface area contributed by atoms with Crippen molar-refractivity contribution in [2.45, 2.75) is 11.3 Å². The fourth-order valence-corrected chi connectivity index (χ4v) is 3.42. The lowest BCUT2D eigenvalue weighted by Crippen LogP contribution is -2.39. The number of allylic oxidation sites excluding steroid dienone is 2. The number of morpholine rings is 1. The maximum Gasteiger partial charge on any atom is 0.160 e. The van der Waals surface area contributed by atoms with Crippen LogP contribution in [0.5, 0.6) is 0 Å². The van der Waals surface area contributed by atoms with Crippen molar-refractivity contribution >= 4 is 28.5 Å². The van der Waals surface area contributed by atoms with Gasteiger partial charge in [-0.3, -0.25) is 4.99 Å². The summed E-state index contributed by atoms with van der Waals surface area (Å²) in [4.78, 5) is 7.03. The molecule has 0 radical (unpaired) electrons. The van der Waals surface area contributed by atoms with Crippen molar-refractivity contribution < 1.29 is 4.74 Å². The first kappa shape index (κ1) is 10.7. The van der Waals surface area contributed by atoms with Gasteiger partial charge in [0.05, 0.1) is 24.5 Å². The molecule has 0 N–H and O–H groups in total. The third kappa shape index (κ3) is 2.01. The molecule has 3 rings (SSSR count). The van der Waals surface area contributed by atoms with Crippen LogP contribution in [-0.4, -0.2) is 47.7 Å². The van der Waals surface area contributed by atoms with E-state index in [9.17, 15) is 0 Å². The van der Waals surface area contributed by atoms with E-state index in [0.717, 1.165) is 36.5 Å². The molecule has 0 aromatic carbocycles. The van der Waals surface area contributed by atoms with Crippen LogP contribution in [-0.2, 0) is 4.74 Å². The molecular formula is C11H13ClN2OS. The molecule has 16 heavy (non-hydrogen) atoms. The Bertz CT molecular complexity index is 374. The highest BCUT2D eigenvalue weighted by Gasteiger charge is 2.31. The van der Waals surface area contributed by atoms with E-state index in [2.05, 4.69) is 11.0 Å². The lowest BCUT2D eigenvalue weighted by molar-refractivity contribution is 0.0693. The zero-order valence-corrected chi connectivity index (χ0v) is 10.4. The highest BCUT2D eigenvalue weighted by atomic mass is 35.5. The van der Waals surface area contributed by atoms with Gasteiger partial charge in [0, 0.05) is 18.1 Å². The first-order chi connectivity index (χ1) is 7.83. The Kier molecular flexibility index (Phi) is 2.96. The quantitative estimate of drug-likeness (QED) is 0.661. The molecule has 0 spiro atoms. The largest absolute Gasteiger partial charge is 0.378 e. The number of fused-ring (bicyclic) bond motifs is 1. The van der Waals surface area contributed by atoms with Gasteiger partial charge in [-0.2, -0.15) is 0 Å². The smallest absolute Gasteiger partial charge is 0.160 e. The predicted octanol–water partition coefficient (Wildman–Crippen LogP) is 1.85. The number of aliphatic imine (C=N–C) groups is 1. The second kappa shape index (κ2) is 4.43. The van der Waals surface area contributed by atoms with Crippen LogP contribution in [0.15, 0.2) is 28.3 Å². The summed E-state index contributed by atoms with van der Waals surface area (Å²) in [5.74, 6) is 0. The maximum atomic E-state index is 5.98. The number of hydrogen-bond acceptors (Lipinski definition) is 4. The minimum Gasteiger partial charge on any atom is -0.378 e. The summed E-state index contributed by atoms with van der Waals surface area (Å²) in [5.41, 5.74) is 0. The number of ether oxygens (including phenoxy) is 1. The number of rotatable bonds is 0. The summed E-state index contributed by atoms with van der Waals surface area (Å²) in [5, 5.41) is 2.37. The second-order valence-corrected chi connectivity index (χ2v) is 5.58. The number of hydrogen-bond donors (Lipinski definition) is 0. The van der Waals surface area contributed by atoms with Gasteiger partial charge in [0.25, 0.3) is 0 Å². The molecule has 0 bridgehead atoms. The topological polar surface area (TPSA) is 24.8 Å². The minimum atomic E-state index is 0.223. The van der Waals surface area contributed by atoms with Crippen LogP contribution in [0.25, 0.3) is 0 Å². The Morgan fingerprint density at radius 1 is 1.44 bits per heavy atom. The number of halogens is 1. The zero-order valence-electron chi connectivity index (χ0n) is 8.80. The van der Waals surface area contributed by atoms with Crippen molar-refractivity contribution in [1.29, 1.82) is 0 Å². The summed E-state index contributed by atoms with van der Waals surface area (Å²) < 4.78 is 5.34. The summed E-state index contributed by atoms with van der Waals surface area (Å²) >= 11 is 7.81. The molecule has 2 heterocycles. The van der Waals surface area contributed by atoms with Crippen LogP contribution >= 0.6 is 23.4 Å². The van der Waals surface area contributed by atoms with Crippen molar-refractivity contribution in [3.63, 3.8) is 0 Å². The third-order valence-electron chi connectivity index (χ3n) is 2.89. The predicted molar refractivity (Wildman–Crippen MR) is 68.1 cm³/mol. The zero-order chi connectivity index (χ0) is 11.0. The van der Waals surface area contributed by atoms with E-state index in [0.29, 0.717) is 5.25 Å². The van der Waals surface area contributed by atoms with E-state index in [-0.39, 0.29) is 6.04 Å². The molecule has 2 unspecified atom stereocenters. The third-order valence-corrected chi connectivity index (χ3v) is 4.43. The Labute approximate surface area is 104 Å². The highest BCUT2D eigenvalue weighted by molar-refractivity contribution is 8.14. The molecule has 2 aliphatic heterocycles. The molecule has 0 aromatic heterocycles. The highest BCUT2D eigenvalue weighted by Crippen LogP contribution is 2.34. The van der Waals surface area contributed by atoms with Crippen LogP contribution in [0.3, 0.4) is 0 Å². The average Bonchev–Trinajstić information content (AvgIpc) is 2.73. The van der Waals surface area contributed by atoms with Gasteiger partial charge in [-0.25, -0.2) is 0 Å². The van der Waals surface area contributed by atoms with Gasteiger partial charge in [0.1, 0.15) is 0 Å². The molecule has 3 nitrogen and oxygen atoms in total. The van der Waals surface area contributed by atoms with E-state index >= 15 is 0 Å². The Morgan fingerprint density at radius 3 is 3.06 bits per heavy atom. The maximum absolute atomic E-state index is 5.98. The summed E-state index contributed by atoms with van der Waals surface area (Å²) in [6, 6.07) is 0.223. The summed E-state index contributed by atoms with van der Waals surface area (Å²) in [6.07, 6.45) is 6.15. The van der Waals surface area contributed by atoms with Crippen molar-refractivity contribution in [3.8, 4) is 0 Å². The van der Waals surface area contributed by atoms with E-state index in [1.54, 1.807) is 0 Å². The van der Waals surface area contributed by atoms with Gasteiger partial charge in [0.15, 0.2) is 5.17 Å². The molecule has 0 saturated carbocycles. The van der Waals surface area contributed by atoms with Gasteiger partial charge in [-0.05, 0) is 12.2 Å². The number of amidine groups is 1. The Hall–Kier alpha value is -0.450. The van der Waals surface area contributed by atoms with E-state index in [1.807, 2.05) is 23.9 Å². The van der Waals surface area contributed by atoms with Crippen molar-refractivity contribution in [2.24, 2.45) is 4.99 Å². The number of nitrogens with zero attached hydrogens (tertiary/aromatic N) is 2. The van der Waals surface area contributed by atoms with Crippen molar-refractivity contribution in [1.82, 2.24) is 4.90 Å². The van der Waals surface area contributed by atoms with Crippen molar-refractivity contribution in [2.75, 3.05) is 26.3 Å². The molecule has 0 aromatic rings. The summed E-state index contributed by atoms with van der Waals surface area (Å²) in [7, 11) is 0. The number of thioether (sulfide) groups is 1. The van der Waals surface area contributed by atoms with Crippen LogP contribution in [0, 0.1) is 0 Å². The van der Waals surface area contributed by atoms with Crippen LogP contribution in [0.4, 0.5) is 0 Å².